The third kappa shape index (κ3) is 8.90. The van der Waals surface area contributed by atoms with Crippen LogP contribution < -0.4 is 18.9 Å². The quantitative estimate of drug-likeness (QED) is 0.213. The molecule has 0 saturated heterocycles. The second-order valence-electron chi connectivity index (χ2n) is 9.65. The first-order valence-corrected chi connectivity index (χ1v) is 15.4. The first-order valence-electron chi connectivity index (χ1n) is 12.8. The van der Waals surface area contributed by atoms with Crippen molar-refractivity contribution in [1.29, 1.82) is 0 Å². The highest BCUT2D eigenvalue weighted by Gasteiger charge is 2.27. The Morgan fingerprint density at radius 3 is 2.38 bits per heavy atom. The summed E-state index contributed by atoms with van der Waals surface area (Å²) in [5.41, 5.74) is 1.35. The van der Waals surface area contributed by atoms with Gasteiger partial charge in [0.25, 0.3) is 0 Å². The monoisotopic (exact) mass is 644 g/mol. The molecule has 4 rings (SSSR count). The SMILES string of the molecule is COc1ccc(CNS(C)(=O)=O)cc1C(=O)OC(Cc1c(Cl)cncc1Cl)c1ccc(OC(F)F)c(OCC2CC2)c1. The van der Waals surface area contributed by atoms with Crippen molar-refractivity contribution in [3.05, 3.63) is 81.1 Å². The highest BCUT2D eigenvalue weighted by Crippen LogP contribution is 2.38. The van der Waals surface area contributed by atoms with E-state index in [1.54, 1.807) is 6.07 Å². The van der Waals surface area contributed by atoms with Crippen LogP contribution in [0.4, 0.5) is 8.78 Å². The van der Waals surface area contributed by atoms with Crippen molar-refractivity contribution < 1.29 is 40.9 Å². The van der Waals surface area contributed by atoms with Crippen molar-refractivity contribution in [2.75, 3.05) is 20.0 Å². The number of nitrogens with one attached hydrogen (secondary N) is 1. The van der Waals surface area contributed by atoms with Crippen LogP contribution in [0.15, 0.2) is 48.8 Å². The van der Waals surface area contributed by atoms with E-state index in [9.17, 15) is 22.0 Å². The number of rotatable bonds is 14. The highest BCUT2D eigenvalue weighted by atomic mass is 35.5. The lowest BCUT2D eigenvalue weighted by atomic mass is 10.0. The van der Waals surface area contributed by atoms with Crippen LogP contribution in [0.1, 0.15) is 46.0 Å². The van der Waals surface area contributed by atoms with Gasteiger partial charge in [-0.2, -0.15) is 8.78 Å². The summed E-state index contributed by atoms with van der Waals surface area (Å²) < 4.78 is 73.4. The van der Waals surface area contributed by atoms with Gasteiger partial charge in [0.05, 0.1) is 30.0 Å². The third-order valence-electron chi connectivity index (χ3n) is 6.34. The van der Waals surface area contributed by atoms with Gasteiger partial charge in [0.1, 0.15) is 17.4 Å². The summed E-state index contributed by atoms with van der Waals surface area (Å²) in [4.78, 5) is 17.5. The fraction of sp³-hybridized carbons (Fsp3) is 0.357. The van der Waals surface area contributed by atoms with Crippen LogP contribution >= 0.6 is 23.2 Å². The Hall–Kier alpha value is -3.19. The van der Waals surface area contributed by atoms with Crippen LogP contribution in [0.5, 0.6) is 17.2 Å². The number of nitrogens with zero attached hydrogens (tertiary/aromatic N) is 1. The Morgan fingerprint density at radius 1 is 1.07 bits per heavy atom. The van der Waals surface area contributed by atoms with Crippen molar-refractivity contribution in [2.24, 2.45) is 5.92 Å². The number of benzene rings is 2. The summed E-state index contributed by atoms with van der Waals surface area (Å²) in [6.45, 7) is -2.82. The molecule has 0 aliphatic heterocycles. The van der Waals surface area contributed by atoms with Gasteiger partial charge in [-0.05, 0) is 59.7 Å². The zero-order valence-electron chi connectivity index (χ0n) is 22.6. The molecule has 1 N–H and O–H groups in total. The van der Waals surface area contributed by atoms with Crippen LogP contribution in [0.25, 0.3) is 0 Å². The Bertz CT molecular complexity index is 1520. The maximum atomic E-state index is 13.6. The normalized spacial score (nSPS) is 14.0. The van der Waals surface area contributed by atoms with Gasteiger partial charge in [0.2, 0.25) is 10.0 Å². The van der Waals surface area contributed by atoms with E-state index >= 15 is 0 Å². The van der Waals surface area contributed by atoms with Gasteiger partial charge in [0, 0.05) is 25.4 Å². The average molecular weight is 646 g/mol. The summed E-state index contributed by atoms with van der Waals surface area (Å²) in [5, 5.41) is 0.468. The molecule has 42 heavy (non-hydrogen) atoms. The summed E-state index contributed by atoms with van der Waals surface area (Å²) in [5.74, 6) is -0.372. The molecule has 1 unspecified atom stereocenters. The van der Waals surface area contributed by atoms with Gasteiger partial charge in [-0.25, -0.2) is 17.9 Å². The molecular formula is C28H28Cl2F2N2O7S. The molecule has 0 amide bonds. The van der Waals surface area contributed by atoms with Crippen molar-refractivity contribution in [3.63, 3.8) is 0 Å². The number of aromatic nitrogens is 1. The summed E-state index contributed by atoms with van der Waals surface area (Å²) in [6, 6.07) is 8.84. The van der Waals surface area contributed by atoms with Crippen LogP contribution in [-0.2, 0) is 27.7 Å². The van der Waals surface area contributed by atoms with E-state index in [1.165, 1.54) is 49.8 Å². The van der Waals surface area contributed by atoms with Gasteiger partial charge in [-0.3, -0.25) is 4.98 Å². The van der Waals surface area contributed by atoms with E-state index in [0.29, 0.717) is 29.2 Å². The summed E-state index contributed by atoms with van der Waals surface area (Å²) >= 11 is 12.7. The fourth-order valence-corrected chi connectivity index (χ4v) is 4.95. The van der Waals surface area contributed by atoms with E-state index in [0.717, 1.165) is 19.1 Å². The largest absolute Gasteiger partial charge is 0.496 e. The molecule has 226 valence electrons. The molecule has 1 saturated carbocycles. The Morgan fingerprint density at radius 2 is 1.76 bits per heavy atom. The Labute approximate surface area is 252 Å². The zero-order chi connectivity index (χ0) is 30.4. The molecule has 1 heterocycles. The highest BCUT2D eigenvalue weighted by molar-refractivity contribution is 7.88. The molecular weight excluding hydrogens is 617 g/mol. The second kappa shape index (κ2) is 13.9. The number of carbonyl (C=O) groups excluding carboxylic acids is 1. The summed E-state index contributed by atoms with van der Waals surface area (Å²) in [6.07, 6.45) is 4.74. The Kier molecular flexibility index (Phi) is 10.5. The number of pyridine rings is 1. The lowest BCUT2D eigenvalue weighted by Gasteiger charge is -2.22. The van der Waals surface area contributed by atoms with Gasteiger partial charge >= 0.3 is 12.6 Å². The molecule has 14 heteroatoms. The molecule has 9 nitrogen and oxygen atoms in total. The van der Waals surface area contributed by atoms with E-state index in [-0.39, 0.29) is 45.8 Å². The summed E-state index contributed by atoms with van der Waals surface area (Å²) in [7, 11) is -2.11. The number of carbonyl (C=O) groups is 1. The van der Waals surface area contributed by atoms with E-state index in [1.807, 2.05) is 0 Å². The standard InChI is InChI=1S/C28H28Cl2F2N2O7S/c1-38-23-7-5-17(12-34-42(2,36)37)9-20(23)27(35)40-25(11-19-21(29)13-33-14-22(19)30)18-6-8-24(41-28(31)32)26(10-18)39-15-16-3-4-16/h5-10,13-14,16,25,28,34H,3-4,11-12,15H2,1-2H3. The van der Waals surface area contributed by atoms with Crippen molar-refractivity contribution in [1.82, 2.24) is 9.71 Å². The predicted octanol–water partition coefficient (Wildman–Crippen LogP) is 5.98. The number of hydrogen-bond acceptors (Lipinski definition) is 8. The predicted molar refractivity (Wildman–Crippen MR) is 152 cm³/mol. The molecule has 2 aromatic carbocycles. The maximum Gasteiger partial charge on any atom is 0.387 e. The van der Waals surface area contributed by atoms with Crippen LogP contribution in [0.3, 0.4) is 0 Å². The first-order chi connectivity index (χ1) is 19.9. The number of halogens is 4. The van der Waals surface area contributed by atoms with Crippen molar-refractivity contribution in [2.45, 2.75) is 38.5 Å². The minimum absolute atomic E-state index is 0.000677. The minimum Gasteiger partial charge on any atom is -0.496 e. The van der Waals surface area contributed by atoms with Gasteiger partial charge in [-0.15, -0.1) is 0 Å². The maximum absolute atomic E-state index is 13.6. The number of hydrogen-bond donors (Lipinski definition) is 1. The van der Waals surface area contributed by atoms with E-state index in [4.69, 9.17) is 37.4 Å². The van der Waals surface area contributed by atoms with Crippen LogP contribution in [0.2, 0.25) is 10.0 Å². The molecule has 0 bridgehead atoms. The molecule has 1 aliphatic carbocycles. The molecule has 1 fully saturated rings. The number of sulfonamides is 1. The van der Waals surface area contributed by atoms with Crippen LogP contribution in [-0.4, -0.2) is 46.0 Å². The molecule has 3 aromatic rings. The van der Waals surface area contributed by atoms with E-state index in [2.05, 4.69) is 14.4 Å². The number of esters is 1. The van der Waals surface area contributed by atoms with Gasteiger partial charge < -0.3 is 18.9 Å². The second-order valence-corrected chi connectivity index (χ2v) is 12.3. The van der Waals surface area contributed by atoms with E-state index < -0.39 is 28.7 Å². The lowest BCUT2D eigenvalue weighted by Crippen LogP contribution is -2.21. The topological polar surface area (TPSA) is 113 Å². The third-order valence-corrected chi connectivity index (χ3v) is 7.66. The van der Waals surface area contributed by atoms with Gasteiger partial charge in [0.15, 0.2) is 11.5 Å². The number of methoxy groups -OCH3 is 1. The lowest BCUT2D eigenvalue weighted by molar-refractivity contribution is -0.0515. The molecule has 1 aromatic heterocycles. The first kappa shape index (κ1) is 31.7. The Balaban J connectivity index is 1.70. The van der Waals surface area contributed by atoms with Crippen LogP contribution in [0, 0.1) is 5.92 Å². The minimum atomic E-state index is -3.49. The van der Waals surface area contributed by atoms with Crippen molar-refractivity contribution in [3.8, 4) is 17.2 Å². The van der Waals surface area contributed by atoms with Crippen molar-refractivity contribution >= 4 is 39.2 Å². The average Bonchev–Trinajstić information content (AvgIpc) is 3.76. The van der Waals surface area contributed by atoms with Gasteiger partial charge in [-0.1, -0.05) is 35.3 Å². The number of alkyl halides is 2. The smallest absolute Gasteiger partial charge is 0.387 e. The molecule has 0 spiro atoms. The number of ether oxygens (including phenoxy) is 4. The zero-order valence-corrected chi connectivity index (χ0v) is 24.9. The fourth-order valence-electron chi connectivity index (χ4n) is 4.00. The molecule has 0 radical (unpaired) electrons. The molecule has 1 atom stereocenters. The molecule has 1 aliphatic rings.